The van der Waals surface area contributed by atoms with E-state index in [4.69, 9.17) is 0 Å². The van der Waals surface area contributed by atoms with Crippen LogP contribution in [0.4, 0.5) is 5.69 Å². The molecule has 0 aliphatic carbocycles. The van der Waals surface area contributed by atoms with Crippen LogP contribution in [0.3, 0.4) is 0 Å². The van der Waals surface area contributed by atoms with E-state index in [0.29, 0.717) is 12.3 Å². The molecule has 1 N–H and O–H groups in total. The van der Waals surface area contributed by atoms with Crippen LogP contribution in [0.2, 0.25) is 0 Å². The predicted molar refractivity (Wildman–Crippen MR) is 88.5 cm³/mol. The second kappa shape index (κ2) is 7.07. The van der Waals surface area contributed by atoms with Crippen LogP contribution >= 0.6 is 0 Å². The van der Waals surface area contributed by atoms with Gasteiger partial charge in [-0.3, -0.25) is 4.79 Å². The Balaban J connectivity index is 1.89. The molecule has 1 amide bonds. The van der Waals surface area contributed by atoms with Gasteiger partial charge in [0, 0.05) is 12.1 Å². The fraction of sp³-hybridized carbons (Fsp3) is 0.316. The number of benzene rings is 2. The minimum Gasteiger partial charge on any atom is -0.326 e. The first-order valence-electron chi connectivity index (χ1n) is 7.45. The molecule has 0 bridgehead atoms. The van der Waals surface area contributed by atoms with E-state index in [1.807, 2.05) is 30.3 Å². The fourth-order valence-electron chi connectivity index (χ4n) is 2.71. The lowest BCUT2D eigenvalue weighted by Crippen LogP contribution is -2.16. The Hall–Kier alpha value is -2.09. The Morgan fingerprint density at radius 2 is 1.67 bits per heavy atom. The van der Waals surface area contributed by atoms with E-state index in [-0.39, 0.29) is 5.91 Å². The molecule has 0 aromatic heterocycles. The van der Waals surface area contributed by atoms with Gasteiger partial charge in [-0.2, -0.15) is 0 Å². The maximum atomic E-state index is 12.0. The van der Waals surface area contributed by atoms with Crippen LogP contribution in [-0.4, -0.2) is 5.91 Å². The molecular formula is C19H23NO. The van der Waals surface area contributed by atoms with Gasteiger partial charge in [0.1, 0.15) is 0 Å². The summed E-state index contributed by atoms with van der Waals surface area (Å²) in [7, 11) is 0. The smallest absolute Gasteiger partial charge is 0.224 e. The highest BCUT2D eigenvalue weighted by Crippen LogP contribution is 2.16. The zero-order valence-corrected chi connectivity index (χ0v) is 13.0. The molecule has 1 atom stereocenters. The van der Waals surface area contributed by atoms with Crippen LogP contribution in [0.25, 0.3) is 0 Å². The maximum absolute atomic E-state index is 12.0. The third kappa shape index (κ3) is 5.07. The molecule has 2 heteroatoms. The lowest BCUT2D eigenvalue weighted by molar-refractivity contribution is -0.116. The molecule has 0 heterocycles. The van der Waals surface area contributed by atoms with Crippen molar-refractivity contribution in [3.05, 3.63) is 65.2 Å². The van der Waals surface area contributed by atoms with Crippen LogP contribution in [0, 0.1) is 19.8 Å². The largest absolute Gasteiger partial charge is 0.326 e. The van der Waals surface area contributed by atoms with Gasteiger partial charge in [0.25, 0.3) is 0 Å². The van der Waals surface area contributed by atoms with E-state index < -0.39 is 0 Å². The fourth-order valence-corrected chi connectivity index (χ4v) is 2.71. The lowest BCUT2D eigenvalue weighted by Gasteiger charge is -2.13. The summed E-state index contributed by atoms with van der Waals surface area (Å²) in [6, 6.07) is 16.2. The molecule has 2 nitrogen and oxygen atoms in total. The van der Waals surface area contributed by atoms with Crippen molar-refractivity contribution in [2.24, 2.45) is 5.92 Å². The average Bonchev–Trinajstić information content (AvgIpc) is 2.37. The molecule has 2 aromatic rings. The first-order chi connectivity index (χ1) is 10.0. The Kier molecular flexibility index (Phi) is 5.15. The minimum absolute atomic E-state index is 0.0816. The topological polar surface area (TPSA) is 29.1 Å². The van der Waals surface area contributed by atoms with E-state index in [1.54, 1.807) is 0 Å². The van der Waals surface area contributed by atoms with Crippen LogP contribution < -0.4 is 5.32 Å². The molecule has 0 saturated carbocycles. The van der Waals surface area contributed by atoms with Gasteiger partial charge in [-0.1, -0.05) is 54.4 Å². The van der Waals surface area contributed by atoms with Crippen molar-refractivity contribution in [1.82, 2.24) is 0 Å². The molecule has 0 saturated heterocycles. The second-order valence-electron chi connectivity index (χ2n) is 5.92. The predicted octanol–water partition coefficient (Wildman–Crippen LogP) is 4.51. The van der Waals surface area contributed by atoms with Gasteiger partial charge in [-0.15, -0.1) is 0 Å². The highest BCUT2D eigenvalue weighted by atomic mass is 16.1. The van der Waals surface area contributed by atoms with Gasteiger partial charge >= 0.3 is 0 Å². The summed E-state index contributed by atoms with van der Waals surface area (Å²) in [5.41, 5.74) is 4.74. The summed E-state index contributed by atoms with van der Waals surface area (Å²) in [6.45, 7) is 6.36. The molecule has 2 rings (SSSR count). The quantitative estimate of drug-likeness (QED) is 0.858. The molecule has 110 valence electrons. The van der Waals surface area contributed by atoms with Gasteiger partial charge in [-0.05, 0) is 43.9 Å². The zero-order chi connectivity index (χ0) is 15.2. The summed E-state index contributed by atoms with van der Waals surface area (Å²) in [5, 5.41) is 2.94. The zero-order valence-electron chi connectivity index (χ0n) is 13.0. The Labute approximate surface area is 127 Å². The third-order valence-electron chi connectivity index (χ3n) is 3.46. The summed E-state index contributed by atoms with van der Waals surface area (Å²) >= 11 is 0. The van der Waals surface area contributed by atoms with Gasteiger partial charge in [0.2, 0.25) is 5.91 Å². The number of rotatable bonds is 5. The first kappa shape index (κ1) is 15.3. The number of nitrogens with one attached hydrogen (secondary N) is 1. The molecule has 0 aliphatic heterocycles. The van der Waals surface area contributed by atoms with E-state index in [1.165, 1.54) is 16.7 Å². The van der Waals surface area contributed by atoms with Gasteiger partial charge in [-0.25, -0.2) is 0 Å². The number of aryl methyl sites for hydroxylation is 2. The van der Waals surface area contributed by atoms with Gasteiger partial charge in [0.05, 0.1) is 0 Å². The highest BCUT2D eigenvalue weighted by molar-refractivity contribution is 5.90. The second-order valence-corrected chi connectivity index (χ2v) is 5.92. The molecule has 0 spiro atoms. The van der Waals surface area contributed by atoms with Crippen molar-refractivity contribution in [3.8, 4) is 0 Å². The number of carbonyl (C=O) groups excluding carboxylic acids is 1. The van der Waals surface area contributed by atoms with Crippen LogP contribution in [-0.2, 0) is 11.2 Å². The van der Waals surface area contributed by atoms with Gasteiger partial charge < -0.3 is 5.32 Å². The van der Waals surface area contributed by atoms with Gasteiger partial charge in [0.15, 0.2) is 0 Å². The molecular weight excluding hydrogens is 258 g/mol. The van der Waals surface area contributed by atoms with Crippen molar-refractivity contribution < 1.29 is 4.79 Å². The first-order valence-corrected chi connectivity index (χ1v) is 7.45. The van der Waals surface area contributed by atoms with E-state index >= 15 is 0 Å². The standard InChI is InChI=1S/C19H23NO/c1-14-9-15(2)11-17(10-14)12-16(3)13-19(21)20-18-7-5-4-6-8-18/h4-11,16H,12-13H2,1-3H3,(H,20,21). The van der Waals surface area contributed by atoms with Crippen molar-refractivity contribution in [1.29, 1.82) is 0 Å². The van der Waals surface area contributed by atoms with Crippen LogP contribution in [0.1, 0.15) is 30.0 Å². The number of hydrogen-bond acceptors (Lipinski definition) is 1. The van der Waals surface area contributed by atoms with Crippen molar-refractivity contribution in [2.45, 2.75) is 33.6 Å². The number of hydrogen-bond donors (Lipinski definition) is 1. The molecule has 21 heavy (non-hydrogen) atoms. The maximum Gasteiger partial charge on any atom is 0.224 e. The number of anilines is 1. The molecule has 0 aliphatic rings. The van der Waals surface area contributed by atoms with E-state index in [0.717, 1.165) is 12.1 Å². The Bertz CT molecular complexity index is 584. The van der Waals surface area contributed by atoms with E-state index in [2.05, 4.69) is 44.3 Å². The Morgan fingerprint density at radius 3 is 2.29 bits per heavy atom. The Morgan fingerprint density at radius 1 is 1.05 bits per heavy atom. The SMILES string of the molecule is Cc1cc(C)cc(CC(C)CC(=O)Nc2ccccc2)c1. The minimum atomic E-state index is 0.0816. The van der Waals surface area contributed by atoms with Crippen molar-refractivity contribution >= 4 is 11.6 Å². The normalized spacial score (nSPS) is 12.0. The van der Waals surface area contributed by atoms with Crippen molar-refractivity contribution in [2.75, 3.05) is 5.32 Å². The number of amides is 1. The summed E-state index contributed by atoms with van der Waals surface area (Å²) in [5.74, 6) is 0.410. The van der Waals surface area contributed by atoms with Crippen LogP contribution in [0.15, 0.2) is 48.5 Å². The molecule has 0 fully saturated rings. The van der Waals surface area contributed by atoms with Crippen LogP contribution in [0.5, 0.6) is 0 Å². The number of carbonyl (C=O) groups is 1. The lowest BCUT2D eigenvalue weighted by atomic mass is 9.95. The summed E-state index contributed by atoms with van der Waals surface area (Å²) < 4.78 is 0. The van der Waals surface area contributed by atoms with Crippen molar-refractivity contribution in [3.63, 3.8) is 0 Å². The molecule has 2 aromatic carbocycles. The monoisotopic (exact) mass is 281 g/mol. The summed E-state index contributed by atoms with van der Waals surface area (Å²) in [4.78, 5) is 12.0. The molecule has 1 unspecified atom stereocenters. The number of para-hydroxylation sites is 1. The molecule has 0 radical (unpaired) electrons. The summed E-state index contributed by atoms with van der Waals surface area (Å²) in [6.07, 6.45) is 1.48. The average molecular weight is 281 g/mol. The highest BCUT2D eigenvalue weighted by Gasteiger charge is 2.10. The van der Waals surface area contributed by atoms with E-state index in [9.17, 15) is 4.79 Å². The third-order valence-corrected chi connectivity index (χ3v) is 3.46.